The molecule has 0 aliphatic carbocycles. The Kier molecular flexibility index (Phi) is 5.93. The Balaban J connectivity index is 1.62. The molecule has 8 heteroatoms. The van der Waals surface area contributed by atoms with Crippen molar-refractivity contribution in [2.24, 2.45) is 0 Å². The van der Waals surface area contributed by atoms with Gasteiger partial charge in [0.15, 0.2) is 5.11 Å². The van der Waals surface area contributed by atoms with Crippen molar-refractivity contribution in [3.8, 4) is 5.75 Å². The highest BCUT2D eigenvalue weighted by molar-refractivity contribution is 7.80. The third-order valence-electron chi connectivity index (χ3n) is 4.60. The van der Waals surface area contributed by atoms with Gasteiger partial charge in [0.05, 0.1) is 17.2 Å². The molecule has 0 unspecified atom stereocenters. The Bertz CT molecular complexity index is 988. The van der Waals surface area contributed by atoms with Crippen molar-refractivity contribution in [3.05, 3.63) is 59.2 Å². The van der Waals surface area contributed by atoms with Crippen LogP contribution in [0.2, 0.25) is 0 Å². The number of thiocarbonyl (C=S) groups is 1. The number of anilines is 1. The monoisotopic (exact) mass is 411 g/mol. The summed E-state index contributed by atoms with van der Waals surface area (Å²) >= 11 is 5.18. The molecular formula is C21H21N3O4S. The van der Waals surface area contributed by atoms with Gasteiger partial charge in [-0.25, -0.2) is 0 Å². The Labute approximate surface area is 174 Å². The summed E-state index contributed by atoms with van der Waals surface area (Å²) in [4.78, 5) is 37.5. The van der Waals surface area contributed by atoms with Gasteiger partial charge < -0.3 is 10.1 Å². The fraction of sp³-hybridized carbons (Fsp3) is 0.238. The quantitative estimate of drug-likeness (QED) is 0.580. The molecule has 0 bridgehead atoms. The molecule has 0 spiro atoms. The van der Waals surface area contributed by atoms with Gasteiger partial charge in [0.1, 0.15) is 5.75 Å². The Morgan fingerprint density at radius 2 is 1.76 bits per heavy atom. The van der Waals surface area contributed by atoms with Gasteiger partial charge in [0.25, 0.3) is 17.7 Å². The zero-order valence-corrected chi connectivity index (χ0v) is 17.1. The zero-order valence-electron chi connectivity index (χ0n) is 16.3. The highest BCUT2D eigenvalue weighted by Crippen LogP contribution is 2.24. The summed E-state index contributed by atoms with van der Waals surface area (Å²) in [6, 6.07) is 11.5. The lowest BCUT2D eigenvalue weighted by atomic mass is 10.1. The highest BCUT2D eigenvalue weighted by Gasteiger charge is 2.32. The molecule has 1 heterocycles. The van der Waals surface area contributed by atoms with E-state index >= 15 is 0 Å². The van der Waals surface area contributed by atoms with Gasteiger partial charge >= 0.3 is 0 Å². The lowest BCUT2D eigenvalue weighted by molar-refractivity contribution is 0.0692. The maximum Gasteiger partial charge on any atom is 0.261 e. The first kappa shape index (κ1) is 20.5. The van der Waals surface area contributed by atoms with E-state index in [2.05, 4.69) is 10.6 Å². The minimum absolute atomic E-state index is 0.0833. The van der Waals surface area contributed by atoms with Crippen LogP contribution in [0.3, 0.4) is 0 Å². The standard InChI is InChI=1S/C21H21N3O4S/c1-4-12(2)28-15-8-5-13(6-9-15)18(25)23-21(29)22-14-7-10-16-17(11-14)20(27)24(3)19(16)26/h5-12H,4H2,1-3H3,(H2,22,23,25,29)/t12-/m1/s1. The summed E-state index contributed by atoms with van der Waals surface area (Å²) in [5.74, 6) is -0.389. The summed E-state index contributed by atoms with van der Waals surface area (Å²) in [5, 5.41) is 5.53. The average Bonchev–Trinajstić information content (AvgIpc) is 2.92. The molecule has 7 nitrogen and oxygen atoms in total. The zero-order chi connectivity index (χ0) is 21.1. The lowest BCUT2D eigenvalue weighted by Crippen LogP contribution is -2.34. The minimum Gasteiger partial charge on any atom is -0.491 e. The number of rotatable bonds is 5. The number of hydrogen-bond donors (Lipinski definition) is 2. The van der Waals surface area contributed by atoms with E-state index in [1.54, 1.807) is 42.5 Å². The number of imide groups is 1. The average molecular weight is 411 g/mol. The third kappa shape index (κ3) is 4.43. The SMILES string of the molecule is CC[C@@H](C)Oc1ccc(C(=O)NC(=S)Nc2ccc3c(c2)C(=O)N(C)C3=O)cc1. The predicted molar refractivity (Wildman–Crippen MR) is 113 cm³/mol. The highest BCUT2D eigenvalue weighted by atomic mass is 32.1. The Morgan fingerprint density at radius 3 is 2.41 bits per heavy atom. The second kappa shape index (κ2) is 8.40. The molecule has 0 aromatic heterocycles. The Hall–Kier alpha value is -3.26. The van der Waals surface area contributed by atoms with Crippen LogP contribution in [0.5, 0.6) is 5.75 Å². The number of carbonyl (C=O) groups is 3. The van der Waals surface area contributed by atoms with Crippen molar-refractivity contribution in [2.45, 2.75) is 26.4 Å². The second-order valence-electron chi connectivity index (χ2n) is 6.70. The van der Waals surface area contributed by atoms with Crippen LogP contribution in [0.15, 0.2) is 42.5 Å². The molecule has 0 fully saturated rings. The smallest absolute Gasteiger partial charge is 0.261 e. The summed E-state index contributed by atoms with van der Waals surface area (Å²) in [6.45, 7) is 4.01. The topological polar surface area (TPSA) is 87.7 Å². The van der Waals surface area contributed by atoms with E-state index in [1.807, 2.05) is 13.8 Å². The van der Waals surface area contributed by atoms with E-state index in [4.69, 9.17) is 17.0 Å². The molecule has 29 heavy (non-hydrogen) atoms. The molecule has 3 rings (SSSR count). The molecule has 1 atom stereocenters. The van der Waals surface area contributed by atoms with Crippen LogP contribution < -0.4 is 15.4 Å². The fourth-order valence-corrected chi connectivity index (χ4v) is 2.99. The number of amides is 3. The molecule has 1 aliphatic rings. The first-order chi connectivity index (χ1) is 13.8. The largest absolute Gasteiger partial charge is 0.491 e. The van der Waals surface area contributed by atoms with Crippen LogP contribution in [-0.2, 0) is 0 Å². The van der Waals surface area contributed by atoms with Gasteiger partial charge in [-0.15, -0.1) is 0 Å². The van der Waals surface area contributed by atoms with Crippen LogP contribution in [0, 0.1) is 0 Å². The van der Waals surface area contributed by atoms with Gasteiger partial charge in [-0.1, -0.05) is 6.92 Å². The van der Waals surface area contributed by atoms with E-state index in [9.17, 15) is 14.4 Å². The molecule has 0 radical (unpaired) electrons. The fourth-order valence-electron chi connectivity index (χ4n) is 2.78. The first-order valence-corrected chi connectivity index (χ1v) is 9.56. The number of ether oxygens (including phenoxy) is 1. The summed E-state index contributed by atoms with van der Waals surface area (Å²) < 4.78 is 5.69. The van der Waals surface area contributed by atoms with E-state index in [-0.39, 0.29) is 28.9 Å². The van der Waals surface area contributed by atoms with Crippen LogP contribution in [-0.4, -0.2) is 40.9 Å². The van der Waals surface area contributed by atoms with Gasteiger partial charge in [-0.3, -0.25) is 24.6 Å². The van der Waals surface area contributed by atoms with Crippen molar-refractivity contribution < 1.29 is 19.1 Å². The number of hydrogen-bond acceptors (Lipinski definition) is 5. The molecular weight excluding hydrogens is 390 g/mol. The van der Waals surface area contributed by atoms with Gasteiger partial charge in [-0.2, -0.15) is 0 Å². The van der Waals surface area contributed by atoms with E-state index < -0.39 is 0 Å². The van der Waals surface area contributed by atoms with E-state index in [1.165, 1.54) is 7.05 Å². The number of nitrogens with zero attached hydrogens (tertiary/aromatic N) is 1. The normalized spacial score (nSPS) is 13.7. The van der Waals surface area contributed by atoms with Crippen molar-refractivity contribution in [3.63, 3.8) is 0 Å². The summed E-state index contributed by atoms with van der Waals surface area (Å²) in [6.07, 6.45) is 0.988. The van der Waals surface area contributed by atoms with Crippen LogP contribution in [0.25, 0.3) is 0 Å². The maximum atomic E-state index is 12.4. The van der Waals surface area contributed by atoms with Crippen LogP contribution in [0.4, 0.5) is 5.69 Å². The third-order valence-corrected chi connectivity index (χ3v) is 4.81. The first-order valence-electron chi connectivity index (χ1n) is 9.15. The number of fused-ring (bicyclic) bond motifs is 1. The van der Waals surface area contributed by atoms with Crippen molar-refractivity contribution in [2.75, 3.05) is 12.4 Å². The lowest BCUT2D eigenvalue weighted by Gasteiger charge is -2.13. The van der Waals surface area contributed by atoms with Gasteiger partial charge in [-0.05, 0) is 68.0 Å². The number of benzene rings is 2. The molecule has 1 aliphatic heterocycles. The van der Waals surface area contributed by atoms with E-state index in [0.717, 1.165) is 11.3 Å². The summed E-state index contributed by atoms with van der Waals surface area (Å²) in [5.41, 5.74) is 1.58. The molecule has 2 aromatic carbocycles. The molecule has 3 amide bonds. The summed E-state index contributed by atoms with van der Waals surface area (Å²) in [7, 11) is 1.43. The molecule has 2 aromatic rings. The van der Waals surface area contributed by atoms with E-state index in [0.29, 0.717) is 28.1 Å². The number of carbonyl (C=O) groups excluding carboxylic acids is 3. The molecule has 150 valence electrons. The molecule has 0 saturated heterocycles. The van der Waals surface area contributed by atoms with Gasteiger partial charge in [0.2, 0.25) is 0 Å². The van der Waals surface area contributed by atoms with Crippen molar-refractivity contribution >= 4 is 40.7 Å². The number of nitrogens with one attached hydrogen (secondary N) is 2. The minimum atomic E-state index is -0.372. The van der Waals surface area contributed by atoms with Crippen LogP contribution >= 0.6 is 12.2 Å². The van der Waals surface area contributed by atoms with Crippen molar-refractivity contribution in [1.29, 1.82) is 0 Å². The van der Waals surface area contributed by atoms with Gasteiger partial charge in [0, 0.05) is 18.3 Å². The molecule has 2 N–H and O–H groups in total. The maximum absolute atomic E-state index is 12.4. The van der Waals surface area contributed by atoms with Crippen molar-refractivity contribution in [1.82, 2.24) is 10.2 Å². The van der Waals surface area contributed by atoms with Crippen LogP contribution in [0.1, 0.15) is 51.3 Å². The predicted octanol–water partition coefficient (Wildman–Crippen LogP) is 3.22. The Morgan fingerprint density at radius 1 is 1.10 bits per heavy atom. The molecule has 0 saturated carbocycles. The second-order valence-corrected chi connectivity index (χ2v) is 7.11.